The van der Waals surface area contributed by atoms with Gasteiger partial charge in [-0.05, 0) is 44.5 Å². The second-order valence-electron chi connectivity index (χ2n) is 4.29. The number of H-pyrrole nitrogens is 1. The second-order valence-corrected chi connectivity index (χ2v) is 4.29. The van der Waals surface area contributed by atoms with Gasteiger partial charge < -0.3 is 9.84 Å². The van der Waals surface area contributed by atoms with E-state index in [1.54, 1.807) is 6.92 Å². The Morgan fingerprint density at radius 1 is 1.42 bits per heavy atom. The molecular formula is C14H16N2O3. The van der Waals surface area contributed by atoms with Gasteiger partial charge >= 0.3 is 5.97 Å². The summed E-state index contributed by atoms with van der Waals surface area (Å²) < 4.78 is 5.47. The minimum absolute atomic E-state index is 0.212. The van der Waals surface area contributed by atoms with Crippen LogP contribution < -0.4 is 4.74 Å². The summed E-state index contributed by atoms with van der Waals surface area (Å²) in [6.45, 7) is 6.14. The van der Waals surface area contributed by atoms with E-state index in [0.717, 1.165) is 16.9 Å². The predicted molar refractivity (Wildman–Crippen MR) is 71.6 cm³/mol. The summed E-state index contributed by atoms with van der Waals surface area (Å²) in [4.78, 5) is 11.2. The van der Waals surface area contributed by atoms with Gasteiger partial charge in [0.05, 0.1) is 6.61 Å². The highest BCUT2D eigenvalue weighted by Crippen LogP contribution is 2.28. The summed E-state index contributed by atoms with van der Waals surface area (Å²) in [6.07, 6.45) is 0. The van der Waals surface area contributed by atoms with Crippen molar-refractivity contribution in [2.75, 3.05) is 6.61 Å². The van der Waals surface area contributed by atoms with Crippen molar-refractivity contribution in [1.29, 1.82) is 0 Å². The highest BCUT2D eigenvalue weighted by molar-refractivity contribution is 5.96. The normalized spacial score (nSPS) is 10.5. The van der Waals surface area contributed by atoms with Crippen LogP contribution >= 0.6 is 0 Å². The molecule has 0 atom stereocenters. The number of carboxylic acids is 1. The molecule has 19 heavy (non-hydrogen) atoms. The van der Waals surface area contributed by atoms with Gasteiger partial charge in [0.25, 0.3) is 0 Å². The van der Waals surface area contributed by atoms with Crippen molar-refractivity contribution in [2.24, 2.45) is 0 Å². The summed E-state index contributed by atoms with van der Waals surface area (Å²) >= 11 is 0. The third kappa shape index (κ3) is 2.45. The molecule has 1 aromatic carbocycles. The van der Waals surface area contributed by atoms with E-state index in [0.29, 0.717) is 18.0 Å². The van der Waals surface area contributed by atoms with Gasteiger partial charge in [0.15, 0.2) is 0 Å². The Labute approximate surface area is 111 Å². The molecule has 0 aliphatic rings. The van der Waals surface area contributed by atoms with Crippen LogP contribution in [-0.2, 0) is 0 Å². The molecule has 0 saturated carbocycles. The van der Waals surface area contributed by atoms with Gasteiger partial charge in [-0.2, -0.15) is 5.10 Å². The molecule has 100 valence electrons. The topological polar surface area (TPSA) is 75.2 Å². The van der Waals surface area contributed by atoms with Crippen molar-refractivity contribution in [3.8, 4) is 17.0 Å². The zero-order chi connectivity index (χ0) is 14.0. The quantitative estimate of drug-likeness (QED) is 0.886. The number of ether oxygens (including phenoxy) is 1. The summed E-state index contributed by atoms with van der Waals surface area (Å²) in [5.41, 5.74) is 2.94. The van der Waals surface area contributed by atoms with Crippen LogP contribution in [0.25, 0.3) is 11.3 Å². The number of aromatic carboxylic acids is 1. The van der Waals surface area contributed by atoms with Crippen LogP contribution in [0.5, 0.6) is 5.75 Å². The van der Waals surface area contributed by atoms with E-state index < -0.39 is 5.97 Å². The Morgan fingerprint density at radius 3 is 2.74 bits per heavy atom. The van der Waals surface area contributed by atoms with Crippen LogP contribution in [0.3, 0.4) is 0 Å². The first-order valence-electron chi connectivity index (χ1n) is 6.06. The van der Waals surface area contributed by atoms with Crippen LogP contribution in [0, 0.1) is 13.8 Å². The Balaban J connectivity index is 2.48. The maximum Gasteiger partial charge on any atom is 0.339 e. The van der Waals surface area contributed by atoms with Crippen LogP contribution in [-0.4, -0.2) is 27.9 Å². The smallest absolute Gasteiger partial charge is 0.339 e. The number of nitrogens with zero attached hydrogens (tertiary/aromatic N) is 1. The van der Waals surface area contributed by atoms with E-state index in [1.807, 2.05) is 32.0 Å². The van der Waals surface area contributed by atoms with Crippen LogP contribution in [0.4, 0.5) is 0 Å². The molecule has 1 heterocycles. The van der Waals surface area contributed by atoms with E-state index in [-0.39, 0.29) is 5.56 Å². The Kier molecular flexibility index (Phi) is 3.55. The molecule has 0 aliphatic heterocycles. The maximum absolute atomic E-state index is 11.2. The predicted octanol–water partition coefficient (Wildman–Crippen LogP) is 2.79. The van der Waals surface area contributed by atoms with E-state index in [2.05, 4.69) is 10.2 Å². The molecule has 0 radical (unpaired) electrons. The summed E-state index contributed by atoms with van der Waals surface area (Å²) in [5.74, 6) is -0.178. The standard InChI is InChI=1S/C14H16N2O3/c1-4-19-11-6-5-10(7-8(11)2)13-12(14(17)18)9(3)15-16-13/h5-7H,4H2,1-3H3,(H,15,16)(H,17,18). The number of aromatic amines is 1. The van der Waals surface area contributed by atoms with Crippen molar-refractivity contribution < 1.29 is 14.6 Å². The fraction of sp³-hybridized carbons (Fsp3) is 0.286. The largest absolute Gasteiger partial charge is 0.494 e. The molecule has 0 unspecified atom stereocenters. The van der Waals surface area contributed by atoms with Gasteiger partial charge in [-0.25, -0.2) is 4.79 Å². The van der Waals surface area contributed by atoms with Crippen molar-refractivity contribution in [1.82, 2.24) is 10.2 Å². The van der Waals surface area contributed by atoms with E-state index in [4.69, 9.17) is 4.74 Å². The van der Waals surface area contributed by atoms with Crippen LogP contribution in [0.1, 0.15) is 28.5 Å². The van der Waals surface area contributed by atoms with Crippen molar-refractivity contribution in [2.45, 2.75) is 20.8 Å². The van der Waals surface area contributed by atoms with E-state index in [1.165, 1.54) is 0 Å². The lowest BCUT2D eigenvalue weighted by atomic mass is 10.0. The lowest BCUT2D eigenvalue weighted by Gasteiger charge is -2.08. The molecule has 1 aromatic heterocycles. The summed E-state index contributed by atoms with van der Waals surface area (Å²) in [7, 11) is 0. The first-order valence-corrected chi connectivity index (χ1v) is 6.06. The molecular weight excluding hydrogens is 244 g/mol. The van der Waals surface area contributed by atoms with Crippen LogP contribution in [0.15, 0.2) is 18.2 Å². The molecule has 2 aromatic rings. The second kappa shape index (κ2) is 5.14. The number of aryl methyl sites for hydroxylation is 2. The molecule has 5 nitrogen and oxygen atoms in total. The maximum atomic E-state index is 11.2. The first-order chi connectivity index (χ1) is 9.04. The fourth-order valence-corrected chi connectivity index (χ4v) is 2.01. The molecule has 0 bridgehead atoms. The third-order valence-electron chi connectivity index (χ3n) is 2.91. The lowest BCUT2D eigenvalue weighted by Crippen LogP contribution is -2.00. The molecule has 5 heteroatoms. The lowest BCUT2D eigenvalue weighted by molar-refractivity contribution is 0.0697. The van der Waals surface area contributed by atoms with E-state index >= 15 is 0 Å². The van der Waals surface area contributed by atoms with Gasteiger partial charge in [0, 0.05) is 11.3 Å². The van der Waals surface area contributed by atoms with Crippen LogP contribution in [0.2, 0.25) is 0 Å². The van der Waals surface area contributed by atoms with Gasteiger partial charge in [-0.1, -0.05) is 0 Å². The molecule has 2 rings (SSSR count). The average molecular weight is 260 g/mol. The van der Waals surface area contributed by atoms with Crippen molar-refractivity contribution in [3.63, 3.8) is 0 Å². The van der Waals surface area contributed by atoms with Crippen molar-refractivity contribution in [3.05, 3.63) is 35.0 Å². The molecule has 0 amide bonds. The monoisotopic (exact) mass is 260 g/mol. The number of benzene rings is 1. The highest BCUT2D eigenvalue weighted by atomic mass is 16.5. The summed E-state index contributed by atoms with van der Waals surface area (Å²) in [5, 5.41) is 16.0. The fourth-order valence-electron chi connectivity index (χ4n) is 2.01. The van der Waals surface area contributed by atoms with Crippen molar-refractivity contribution >= 4 is 5.97 Å². The molecule has 0 spiro atoms. The van der Waals surface area contributed by atoms with Gasteiger partial charge in [0.2, 0.25) is 0 Å². The van der Waals surface area contributed by atoms with E-state index in [9.17, 15) is 9.90 Å². The molecule has 0 aliphatic carbocycles. The number of carbonyl (C=O) groups is 1. The SMILES string of the molecule is CCOc1ccc(-c2n[nH]c(C)c2C(=O)O)cc1C. The summed E-state index contributed by atoms with van der Waals surface area (Å²) in [6, 6.07) is 5.54. The molecule has 0 fully saturated rings. The number of aromatic nitrogens is 2. The minimum atomic E-state index is -0.979. The molecule has 2 N–H and O–H groups in total. The Bertz CT molecular complexity index is 617. The number of hydrogen-bond acceptors (Lipinski definition) is 3. The number of hydrogen-bond donors (Lipinski definition) is 2. The zero-order valence-corrected chi connectivity index (χ0v) is 11.2. The average Bonchev–Trinajstić information content (AvgIpc) is 2.74. The zero-order valence-electron chi connectivity index (χ0n) is 11.2. The third-order valence-corrected chi connectivity index (χ3v) is 2.91. The van der Waals surface area contributed by atoms with Gasteiger partial charge in [0.1, 0.15) is 17.0 Å². The van der Waals surface area contributed by atoms with Gasteiger partial charge in [-0.15, -0.1) is 0 Å². The molecule has 0 saturated heterocycles. The number of nitrogens with one attached hydrogen (secondary N) is 1. The number of rotatable bonds is 4. The minimum Gasteiger partial charge on any atom is -0.494 e. The first kappa shape index (κ1) is 13.1. The van der Waals surface area contributed by atoms with Gasteiger partial charge in [-0.3, -0.25) is 5.10 Å². The highest BCUT2D eigenvalue weighted by Gasteiger charge is 2.18. The number of carboxylic acid groups (broad SMARTS) is 1. The Hall–Kier alpha value is -2.30. The Morgan fingerprint density at radius 2 is 2.16 bits per heavy atom.